The molecule has 2 aromatic rings. The van der Waals surface area contributed by atoms with Crippen LogP contribution in [0.4, 0.5) is 0 Å². The van der Waals surface area contributed by atoms with Gasteiger partial charge in [0.1, 0.15) is 0 Å². The summed E-state index contributed by atoms with van der Waals surface area (Å²) in [4.78, 5) is 5.93. The number of aromatic nitrogens is 1. The minimum Gasteiger partial charge on any atom is -0.306 e. The van der Waals surface area contributed by atoms with Gasteiger partial charge in [-0.25, -0.2) is 4.98 Å². The van der Waals surface area contributed by atoms with Crippen molar-refractivity contribution >= 4 is 11.3 Å². The lowest BCUT2D eigenvalue weighted by atomic mass is 9.94. The molecule has 0 aliphatic rings. The highest BCUT2D eigenvalue weighted by molar-refractivity contribution is 7.11. The quantitative estimate of drug-likeness (QED) is 0.903. The summed E-state index contributed by atoms with van der Waals surface area (Å²) in [5.41, 5.74) is 6.59. The van der Waals surface area contributed by atoms with E-state index in [1.807, 2.05) is 0 Å². The Labute approximate surface area is 126 Å². The zero-order valence-corrected chi connectivity index (χ0v) is 14.1. The van der Waals surface area contributed by atoms with E-state index in [1.54, 1.807) is 11.3 Å². The fraction of sp³-hybridized carbons (Fsp3) is 0.471. The molecule has 0 bridgehead atoms. The predicted molar refractivity (Wildman–Crippen MR) is 87.8 cm³/mol. The highest BCUT2D eigenvalue weighted by Gasteiger charge is 2.20. The van der Waals surface area contributed by atoms with Crippen molar-refractivity contribution in [2.24, 2.45) is 0 Å². The molecule has 0 spiro atoms. The lowest BCUT2D eigenvalue weighted by molar-refractivity contribution is 0.632. The summed E-state index contributed by atoms with van der Waals surface area (Å²) in [6, 6.07) is 4.87. The Balaban J connectivity index is 2.54. The van der Waals surface area contributed by atoms with Crippen molar-refractivity contribution in [1.82, 2.24) is 10.3 Å². The molecule has 0 saturated carbocycles. The molecule has 0 aliphatic heterocycles. The molecule has 1 unspecified atom stereocenters. The third-order valence-corrected chi connectivity index (χ3v) is 4.94. The van der Waals surface area contributed by atoms with Gasteiger partial charge in [-0.3, -0.25) is 0 Å². The van der Waals surface area contributed by atoms with Gasteiger partial charge in [0.05, 0.1) is 16.7 Å². The van der Waals surface area contributed by atoms with E-state index in [1.165, 1.54) is 27.1 Å². The molecule has 2 rings (SSSR count). The Kier molecular flexibility index (Phi) is 4.61. The van der Waals surface area contributed by atoms with Gasteiger partial charge in [0.25, 0.3) is 0 Å². The topological polar surface area (TPSA) is 24.9 Å². The van der Waals surface area contributed by atoms with Crippen molar-refractivity contribution in [2.75, 3.05) is 6.54 Å². The second-order valence-electron chi connectivity index (χ2n) is 5.47. The number of hydrogen-bond donors (Lipinski definition) is 1. The highest BCUT2D eigenvalue weighted by atomic mass is 32.1. The number of nitrogens with zero attached hydrogens (tertiary/aromatic N) is 1. The Morgan fingerprint density at radius 1 is 1.05 bits per heavy atom. The average molecular weight is 288 g/mol. The van der Waals surface area contributed by atoms with Crippen molar-refractivity contribution in [3.63, 3.8) is 0 Å². The molecule has 1 aromatic heterocycles. The van der Waals surface area contributed by atoms with Gasteiger partial charge in [-0.05, 0) is 63.4 Å². The predicted octanol–water partition coefficient (Wildman–Crippen LogP) is 4.38. The lowest BCUT2D eigenvalue weighted by Gasteiger charge is -2.21. The molecule has 3 heteroatoms. The summed E-state index contributed by atoms with van der Waals surface area (Å²) >= 11 is 1.80. The normalized spacial score (nSPS) is 12.7. The zero-order chi connectivity index (χ0) is 14.9. The molecular weight excluding hydrogens is 264 g/mol. The first-order valence-corrected chi connectivity index (χ1v) is 8.00. The SMILES string of the molecule is CCNC(c1cc(C)c(C)cc1C)c1sc(C)nc1C. The van der Waals surface area contributed by atoms with Crippen molar-refractivity contribution in [1.29, 1.82) is 0 Å². The van der Waals surface area contributed by atoms with E-state index < -0.39 is 0 Å². The number of nitrogens with one attached hydrogen (secondary N) is 1. The smallest absolute Gasteiger partial charge is 0.0900 e. The fourth-order valence-corrected chi connectivity index (χ4v) is 3.68. The molecule has 0 amide bonds. The standard InChI is InChI=1S/C17H24N2S/c1-7-18-16(17-13(5)19-14(6)20-17)15-9-11(3)10(2)8-12(15)4/h8-9,16,18H,7H2,1-6H3. The Morgan fingerprint density at radius 2 is 1.70 bits per heavy atom. The van der Waals surface area contributed by atoms with Crippen molar-refractivity contribution < 1.29 is 0 Å². The van der Waals surface area contributed by atoms with Gasteiger partial charge in [0.15, 0.2) is 0 Å². The molecule has 1 atom stereocenters. The van der Waals surface area contributed by atoms with Crippen molar-refractivity contribution in [3.05, 3.63) is 50.0 Å². The van der Waals surface area contributed by atoms with E-state index in [2.05, 4.69) is 64.0 Å². The maximum atomic E-state index is 4.59. The summed E-state index contributed by atoms with van der Waals surface area (Å²) in [5, 5.41) is 4.77. The number of hydrogen-bond acceptors (Lipinski definition) is 3. The maximum absolute atomic E-state index is 4.59. The van der Waals surface area contributed by atoms with E-state index in [0.717, 1.165) is 17.2 Å². The van der Waals surface area contributed by atoms with E-state index in [9.17, 15) is 0 Å². The summed E-state index contributed by atoms with van der Waals surface area (Å²) in [6.45, 7) is 13.9. The molecule has 2 nitrogen and oxygen atoms in total. The molecule has 0 saturated heterocycles. The van der Waals surface area contributed by atoms with E-state index >= 15 is 0 Å². The van der Waals surface area contributed by atoms with Crippen molar-refractivity contribution in [2.45, 2.75) is 47.6 Å². The Hall–Kier alpha value is -1.19. The summed E-state index contributed by atoms with van der Waals surface area (Å²) in [5.74, 6) is 0. The van der Waals surface area contributed by atoms with Crippen LogP contribution in [0.1, 0.15) is 50.8 Å². The zero-order valence-electron chi connectivity index (χ0n) is 13.3. The van der Waals surface area contributed by atoms with E-state index in [4.69, 9.17) is 0 Å². The molecule has 1 heterocycles. The highest BCUT2D eigenvalue weighted by Crippen LogP contribution is 2.32. The van der Waals surface area contributed by atoms with Crippen LogP contribution in [0.25, 0.3) is 0 Å². The first-order valence-electron chi connectivity index (χ1n) is 7.19. The Bertz CT molecular complexity index is 614. The van der Waals surface area contributed by atoms with Crippen LogP contribution in [0.15, 0.2) is 12.1 Å². The van der Waals surface area contributed by atoms with Crippen molar-refractivity contribution in [3.8, 4) is 0 Å². The average Bonchev–Trinajstić information content (AvgIpc) is 2.70. The third-order valence-electron chi connectivity index (χ3n) is 3.80. The van der Waals surface area contributed by atoms with Gasteiger partial charge in [0.2, 0.25) is 0 Å². The first kappa shape index (κ1) is 15.2. The minimum absolute atomic E-state index is 0.255. The molecule has 1 aromatic carbocycles. The molecule has 0 fully saturated rings. The molecular formula is C17H24N2S. The lowest BCUT2D eigenvalue weighted by Crippen LogP contribution is -2.23. The van der Waals surface area contributed by atoms with Gasteiger partial charge in [-0.15, -0.1) is 11.3 Å². The molecule has 1 N–H and O–H groups in total. The van der Waals surface area contributed by atoms with Crippen LogP contribution in [0.2, 0.25) is 0 Å². The van der Waals surface area contributed by atoms with Crippen LogP contribution >= 0.6 is 11.3 Å². The van der Waals surface area contributed by atoms with E-state index in [0.29, 0.717) is 0 Å². The number of aryl methyl sites for hydroxylation is 5. The van der Waals surface area contributed by atoms with Crippen LogP contribution in [0, 0.1) is 34.6 Å². The van der Waals surface area contributed by atoms with Gasteiger partial charge in [-0.1, -0.05) is 19.1 Å². The molecule has 20 heavy (non-hydrogen) atoms. The maximum Gasteiger partial charge on any atom is 0.0900 e. The minimum atomic E-state index is 0.255. The summed E-state index contributed by atoms with van der Waals surface area (Å²) in [7, 11) is 0. The Morgan fingerprint density at radius 3 is 2.25 bits per heavy atom. The number of rotatable bonds is 4. The van der Waals surface area contributed by atoms with Gasteiger partial charge >= 0.3 is 0 Å². The number of benzene rings is 1. The molecule has 0 radical (unpaired) electrons. The number of thiazole rings is 1. The molecule has 108 valence electrons. The van der Waals surface area contributed by atoms with Crippen LogP contribution in [-0.4, -0.2) is 11.5 Å². The molecule has 0 aliphatic carbocycles. The van der Waals surface area contributed by atoms with Gasteiger partial charge in [-0.2, -0.15) is 0 Å². The van der Waals surface area contributed by atoms with Crippen LogP contribution in [0.5, 0.6) is 0 Å². The second-order valence-corrected chi connectivity index (χ2v) is 6.70. The summed E-state index contributed by atoms with van der Waals surface area (Å²) in [6.07, 6.45) is 0. The van der Waals surface area contributed by atoms with E-state index in [-0.39, 0.29) is 6.04 Å². The summed E-state index contributed by atoms with van der Waals surface area (Å²) < 4.78 is 0. The van der Waals surface area contributed by atoms with Crippen LogP contribution < -0.4 is 5.32 Å². The van der Waals surface area contributed by atoms with Gasteiger partial charge < -0.3 is 5.32 Å². The monoisotopic (exact) mass is 288 g/mol. The van der Waals surface area contributed by atoms with Crippen LogP contribution in [-0.2, 0) is 0 Å². The fourth-order valence-electron chi connectivity index (χ4n) is 2.66. The van der Waals surface area contributed by atoms with Crippen LogP contribution in [0.3, 0.4) is 0 Å². The third kappa shape index (κ3) is 2.94. The van der Waals surface area contributed by atoms with Gasteiger partial charge in [0, 0.05) is 4.88 Å². The second kappa shape index (κ2) is 6.06. The largest absolute Gasteiger partial charge is 0.306 e. The first-order chi connectivity index (χ1) is 9.43.